The predicted octanol–water partition coefficient (Wildman–Crippen LogP) is 3.64. The van der Waals surface area contributed by atoms with Gasteiger partial charge in [0, 0.05) is 25.2 Å². The van der Waals surface area contributed by atoms with Crippen LogP contribution in [-0.4, -0.2) is 21.6 Å². The lowest BCUT2D eigenvalue weighted by molar-refractivity contribution is -0.121. The van der Waals surface area contributed by atoms with Crippen LogP contribution in [0.5, 0.6) is 0 Å². The number of benzene rings is 2. The van der Waals surface area contributed by atoms with Crippen molar-refractivity contribution in [2.75, 3.05) is 5.32 Å². The second-order valence-corrected chi connectivity index (χ2v) is 6.72. The number of carbonyl (C=O) groups is 2. The molecule has 0 bridgehead atoms. The van der Waals surface area contributed by atoms with Gasteiger partial charge >= 0.3 is 0 Å². The SMILES string of the molecule is CC(=O)Nc1cccc(C(C)NC(=O)CCc2cnn(-c3ccccc3)c2)c1. The van der Waals surface area contributed by atoms with Gasteiger partial charge in [0.05, 0.1) is 17.9 Å². The summed E-state index contributed by atoms with van der Waals surface area (Å²) in [7, 11) is 0. The minimum Gasteiger partial charge on any atom is -0.350 e. The average Bonchev–Trinajstić information content (AvgIpc) is 3.16. The number of aromatic nitrogens is 2. The number of anilines is 1. The van der Waals surface area contributed by atoms with Crippen molar-refractivity contribution in [2.24, 2.45) is 0 Å². The van der Waals surface area contributed by atoms with Gasteiger partial charge in [-0.25, -0.2) is 4.68 Å². The molecule has 0 aliphatic carbocycles. The molecular weight excluding hydrogens is 352 g/mol. The Morgan fingerprint density at radius 1 is 1.11 bits per heavy atom. The molecule has 0 spiro atoms. The van der Waals surface area contributed by atoms with Crippen molar-refractivity contribution in [1.29, 1.82) is 0 Å². The number of nitrogens with zero attached hydrogens (tertiary/aromatic N) is 2. The quantitative estimate of drug-likeness (QED) is 0.661. The minimum absolute atomic E-state index is 0.0232. The van der Waals surface area contributed by atoms with Crippen LogP contribution in [0.1, 0.15) is 37.4 Å². The number of carbonyl (C=O) groups excluding carboxylic acids is 2. The highest BCUT2D eigenvalue weighted by Crippen LogP contribution is 2.18. The molecule has 3 aromatic rings. The molecule has 28 heavy (non-hydrogen) atoms. The number of aryl methyl sites for hydroxylation is 1. The summed E-state index contributed by atoms with van der Waals surface area (Å²) in [4.78, 5) is 23.5. The molecule has 6 heteroatoms. The highest BCUT2D eigenvalue weighted by molar-refractivity contribution is 5.88. The van der Waals surface area contributed by atoms with Crippen LogP contribution in [0.3, 0.4) is 0 Å². The zero-order chi connectivity index (χ0) is 19.9. The van der Waals surface area contributed by atoms with Crippen LogP contribution in [0, 0.1) is 0 Å². The fraction of sp³-hybridized carbons (Fsp3) is 0.227. The summed E-state index contributed by atoms with van der Waals surface area (Å²) in [5.74, 6) is -0.144. The van der Waals surface area contributed by atoms with Crippen LogP contribution >= 0.6 is 0 Å². The van der Waals surface area contributed by atoms with Gasteiger partial charge in [0.1, 0.15) is 0 Å². The second-order valence-electron chi connectivity index (χ2n) is 6.72. The van der Waals surface area contributed by atoms with Crippen molar-refractivity contribution >= 4 is 17.5 Å². The summed E-state index contributed by atoms with van der Waals surface area (Å²) in [5, 5.41) is 10.1. The van der Waals surface area contributed by atoms with Crippen molar-refractivity contribution in [3.63, 3.8) is 0 Å². The first-order valence-corrected chi connectivity index (χ1v) is 9.27. The third kappa shape index (κ3) is 5.30. The first-order valence-electron chi connectivity index (χ1n) is 9.27. The molecule has 2 N–H and O–H groups in total. The zero-order valence-corrected chi connectivity index (χ0v) is 16.1. The highest BCUT2D eigenvalue weighted by Gasteiger charge is 2.11. The molecule has 0 saturated carbocycles. The van der Waals surface area contributed by atoms with Crippen molar-refractivity contribution < 1.29 is 9.59 Å². The Bertz CT molecular complexity index is 950. The van der Waals surface area contributed by atoms with Crippen molar-refractivity contribution in [3.8, 4) is 5.69 Å². The van der Waals surface area contributed by atoms with Gasteiger partial charge in [-0.2, -0.15) is 5.10 Å². The molecular formula is C22H24N4O2. The van der Waals surface area contributed by atoms with E-state index < -0.39 is 0 Å². The molecule has 144 valence electrons. The van der Waals surface area contributed by atoms with E-state index in [1.807, 2.05) is 72.4 Å². The number of para-hydroxylation sites is 1. The van der Waals surface area contributed by atoms with Gasteiger partial charge in [0.2, 0.25) is 11.8 Å². The minimum atomic E-state index is -0.145. The third-order valence-electron chi connectivity index (χ3n) is 4.38. The molecule has 0 aliphatic heterocycles. The molecule has 3 rings (SSSR count). The van der Waals surface area contributed by atoms with E-state index in [1.54, 1.807) is 6.20 Å². The van der Waals surface area contributed by atoms with Gasteiger partial charge in [-0.3, -0.25) is 9.59 Å². The number of hydrogen-bond donors (Lipinski definition) is 2. The van der Waals surface area contributed by atoms with Gasteiger partial charge in [-0.1, -0.05) is 30.3 Å². The van der Waals surface area contributed by atoms with E-state index in [4.69, 9.17) is 0 Å². The maximum atomic E-state index is 12.3. The van der Waals surface area contributed by atoms with Crippen molar-refractivity contribution in [3.05, 3.63) is 78.1 Å². The molecule has 1 heterocycles. The summed E-state index contributed by atoms with van der Waals surface area (Å²) in [5.41, 5.74) is 3.67. The molecule has 2 amide bonds. The fourth-order valence-electron chi connectivity index (χ4n) is 2.96. The van der Waals surface area contributed by atoms with Crippen LogP contribution < -0.4 is 10.6 Å². The first-order chi connectivity index (χ1) is 13.5. The van der Waals surface area contributed by atoms with Crippen molar-refractivity contribution in [2.45, 2.75) is 32.7 Å². The van der Waals surface area contributed by atoms with Crippen LogP contribution in [-0.2, 0) is 16.0 Å². The molecule has 1 atom stereocenters. The molecule has 0 saturated heterocycles. The predicted molar refractivity (Wildman–Crippen MR) is 109 cm³/mol. The molecule has 0 aliphatic rings. The Balaban J connectivity index is 1.53. The number of nitrogens with one attached hydrogen (secondary N) is 2. The molecule has 2 aromatic carbocycles. The lowest BCUT2D eigenvalue weighted by Crippen LogP contribution is -2.26. The van der Waals surface area contributed by atoms with Gasteiger partial charge in [0.15, 0.2) is 0 Å². The Hall–Kier alpha value is -3.41. The first kappa shape index (κ1) is 19.4. The van der Waals surface area contributed by atoms with E-state index in [0.29, 0.717) is 12.8 Å². The van der Waals surface area contributed by atoms with Gasteiger partial charge in [-0.05, 0) is 48.7 Å². The molecule has 0 radical (unpaired) electrons. The normalized spacial score (nSPS) is 11.6. The zero-order valence-electron chi connectivity index (χ0n) is 16.1. The molecule has 6 nitrogen and oxygen atoms in total. The highest BCUT2D eigenvalue weighted by atomic mass is 16.2. The molecule has 1 unspecified atom stereocenters. The van der Waals surface area contributed by atoms with Gasteiger partial charge in [-0.15, -0.1) is 0 Å². The standard InChI is InChI=1S/C22H24N4O2/c1-16(19-7-6-8-20(13-19)25-17(2)27)24-22(28)12-11-18-14-23-26(15-18)21-9-4-3-5-10-21/h3-10,13-16H,11-12H2,1-2H3,(H,24,28)(H,25,27). The summed E-state index contributed by atoms with van der Waals surface area (Å²) in [6.45, 7) is 3.40. The number of rotatable bonds is 7. The van der Waals surface area contributed by atoms with E-state index in [1.165, 1.54) is 6.92 Å². The van der Waals surface area contributed by atoms with E-state index in [0.717, 1.165) is 22.5 Å². The lowest BCUT2D eigenvalue weighted by atomic mass is 10.1. The topological polar surface area (TPSA) is 76.0 Å². The maximum Gasteiger partial charge on any atom is 0.221 e. The smallest absolute Gasteiger partial charge is 0.221 e. The van der Waals surface area contributed by atoms with Gasteiger partial charge in [0.25, 0.3) is 0 Å². The Labute approximate surface area is 164 Å². The van der Waals surface area contributed by atoms with Crippen LogP contribution in [0.15, 0.2) is 67.0 Å². The fourth-order valence-corrected chi connectivity index (χ4v) is 2.96. The Kier molecular flexibility index (Phi) is 6.22. The Morgan fingerprint density at radius 3 is 2.64 bits per heavy atom. The van der Waals surface area contributed by atoms with Gasteiger partial charge < -0.3 is 10.6 Å². The monoisotopic (exact) mass is 376 g/mol. The number of amides is 2. The summed E-state index contributed by atoms with van der Waals surface area (Å²) in [6.07, 6.45) is 4.75. The Morgan fingerprint density at radius 2 is 1.89 bits per heavy atom. The lowest BCUT2D eigenvalue weighted by Gasteiger charge is -2.15. The maximum absolute atomic E-state index is 12.3. The van der Waals surface area contributed by atoms with E-state index in [2.05, 4.69) is 15.7 Å². The van der Waals surface area contributed by atoms with E-state index in [9.17, 15) is 9.59 Å². The molecule has 0 fully saturated rings. The average molecular weight is 376 g/mol. The summed E-state index contributed by atoms with van der Waals surface area (Å²) in [6, 6.07) is 17.2. The molecule has 1 aromatic heterocycles. The van der Waals surface area contributed by atoms with Crippen LogP contribution in [0.2, 0.25) is 0 Å². The summed E-state index contributed by atoms with van der Waals surface area (Å²) >= 11 is 0. The second kappa shape index (κ2) is 8.99. The summed E-state index contributed by atoms with van der Waals surface area (Å²) < 4.78 is 1.81. The van der Waals surface area contributed by atoms with Crippen LogP contribution in [0.25, 0.3) is 5.69 Å². The third-order valence-corrected chi connectivity index (χ3v) is 4.38. The van der Waals surface area contributed by atoms with E-state index in [-0.39, 0.29) is 17.9 Å². The van der Waals surface area contributed by atoms with Crippen LogP contribution in [0.4, 0.5) is 5.69 Å². The largest absolute Gasteiger partial charge is 0.350 e. The van der Waals surface area contributed by atoms with E-state index >= 15 is 0 Å². The number of hydrogen-bond acceptors (Lipinski definition) is 3. The van der Waals surface area contributed by atoms with Crippen molar-refractivity contribution in [1.82, 2.24) is 15.1 Å².